The van der Waals surface area contributed by atoms with Crippen LogP contribution in [-0.4, -0.2) is 70.0 Å². The standard InChI is InChI=1S/C46H82NO8P/c1-6-8-10-12-14-16-18-20-22-23-25-27-29-31-33-35-37-39-46(49)55-44(43-54-56(50,51)53-41-40-47(3,4)5)42-52-45(48)38-36-34-32-30-28-26-24-21-19-17-15-13-11-9-7-2/h14,16,20,22,25,27-28,30-31,33,44H,6-13,15,17-19,21,23-24,26,29,32,34-43H2,1-5H3/b16-14+,22-20+,27-25+,30-28+,33-31+/t44-/m1/s1. The van der Waals surface area contributed by atoms with E-state index in [0.717, 1.165) is 38.5 Å². The zero-order valence-electron chi connectivity index (χ0n) is 36.3. The lowest BCUT2D eigenvalue weighted by Crippen LogP contribution is -2.37. The molecule has 0 aliphatic heterocycles. The van der Waals surface area contributed by atoms with Gasteiger partial charge in [0.2, 0.25) is 0 Å². The van der Waals surface area contributed by atoms with Gasteiger partial charge in [-0.1, -0.05) is 139 Å². The third-order valence-corrected chi connectivity index (χ3v) is 9.97. The van der Waals surface area contributed by atoms with Crippen molar-refractivity contribution in [1.82, 2.24) is 0 Å². The molecule has 10 heteroatoms. The molecule has 0 bridgehead atoms. The Morgan fingerprint density at radius 2 is 0.982 bits per heavy atom. The minimum atomic E-state index is -4.64. The van der Waals surface area contributed by atoms with E-state index in [-0.39, 0.29) is 26.1 Å². The SMILES string of the molecule is CCCCC/C=C/C/C=C/C/C=C/C/C=C/CCCC(=O)O[C@H](COC(=O)CCCC/C=C/CCCCCCCCCCC)COP(=O)([O-])OCC[N+](C)(C)C. The number of allylic oxidation sites excluding steroid dienone is 10. The average Bonchev–Trinajstić information content (AvgIpc) is 3.15. The van der Waals surface area contributed by atoms with Crippen LogP contribution in [0.4, 0.5) is 0 Å². The second kappa shape index (κ2) is 38.2. The summed E-state index contributed by atoms with van der Waals surface area (Å²) in [5, 5.41) is 0. The summed E-state index contributed by atoms with van der Waals surface area (Å²) in [5.74, 6) is -0.929. The maximum absolute atomic E-state index is 12.6. The number of carbonyl (C=O) groups excluding carboxylic acids is 2. The topological polar surface area (TPSA) is 111 Å². The summed E-state index contributed by atoms with van der Waals surface area (Å²) >= 11 is 0. The fourth-order valence-corrected chi connectivity index (χ4v) is 6.25. The fraction of sp³-hybridized carbons (Fsp3) is 0.739. The van der Waals surface area contributed by atoms with E-state index in [0.29, 0.717) is 30.3 Å². The van der Waals surface area contributed by atoms with Gasteiger partial charge in [-0.25, -0.2) is 0 Å². The largest absolute Gasteiger partial charge is 0.756 e. The Hall–Kier alpha value is -2.29. The molecule has 0 saturated heterocycles. The lowest BCUT2D eigenvalue weighted by atomic mass is 10.1. The molecule has 0 aliphatic rings. The average molecular weight is 808 g/mol. The summed E-state index contributed by atoms with van der Waals surface area (Å²) in [6.07, 6.45) is 45.4. The molecular weight excluding hydrogens is 725 g/mol. The normalized spacial score (nSPS) is 14.2. The molecule has 0 fully saturated rings. The number of hydrogen-bond donors (Lipinski definition) is 0. The van der Waals surface area contributed by atoms with E-state index in [1.54, 1.807) is 0 Å². The molecule has 9 nitrogen and oxygen atoms in total. The van der Waals surface area contributed by atoms with E-state index in [2.05, 4.69) is 68.5 Å². The smallest absolute Gasteiger partial charge is 0.306 e. The Morgan fingerprint density at radius 1 is 0.554 bits per heavy atom. The van der Waals surface area contributed by atoms with Crippen molar-refractivity contribution in [3.63, 3.8) is 0 Å². The van der Waals surface area contributed by atoms with Crippen molar-refractivity contribution in [2.45, 2.75) is 174 Å². The molecule has 0 N–H and O–H groups in total. The quantitative estimate of drug-likeness (QED) is 0.0198. The second-order valence-corrected chi connectivity index (χ2v) is 17.1. The zero-order valence-corrected chi connectivity index (χ0v) is 37.2. The van der Waals surface area contributed by atoms with E-state index in [9.17, 15) is 19.0 Å². The molecule has 2 atom stereocenters. The van der Waals surface area contributed by atoms with Gasteiger partial charge in [0.15, 0.2) is 6.10 Å². The van der Waals surface area contributed by atoms with Crippen molar-refractivity contribution >= 4 is 19.8 Å². The Balaban J connectivity index is 4.50. The van der Waals surface area contributed by atoms with E-state index in [1.165, 1.54) is 83.5 Å². The number of nitrogens with zero attached hydrogens (tertiary/aromatic N) is 1. The fourth-order valence-electron chi connectivity index (χ4n) is 5.52. The maximum atomic E-state index is 12.6. The highest BCUT2D eigenvalue weighted by Crippen LogP contribution is 2.38. The van der Waals surface area contributed by atoms with Crippen LogP contribution in [0.25, 0.3) is 0 Å². The number of carbonyl (C=O) groups is 2. The monoisotopic (exact) mass is 808 g/mol. The second-order valence-electron chi connectivity index (χ2n) is 15.7. The Morgan fingerprint density at radius 3 is 1.54 bits per heavy atom. The van der Waals surface area contributed by atoms with Gasteiger partial charge >= 0.3 is 11.9 Å². The maximum Gasteiger partial charge on any atom is 0.306 e. The minimum Gasteiger partial charge on any atom is -0.756 e. The lowest BCUT2D eigenvalue weighted by molar-refractivity contribution is -0.870. The molecule has 1 unspecified atom stereocenters. The van der Waals surface area contributed by atoms with Crippen LogP contribution in [0.1, 0.15) is 168 Å². The number of quaternary nitrogens is 1. The predicted octanol–water partition coefficient (Wildman–Crippen LogP) is 11.8. The highest BCUT2D eigenvalue weighted by molar-refractivity contribution is 7.45. The number of hydrogen-bond acceptors (Lipinski definition) is 8. The van der Waals surface area contributed by atoms with Gasteiger partial charge in [-0.15, -0.1) is 0 Å². The Labute approximate surface area is 343 Å². The van der Waals surface area contributed by atoms with Crippen LogP contribution in [0.15, 0.2) is 60.8 Å². The summed E-state index contributed by atoms with van der Waals surface area (Å²) in [6, 6.07) is 0. The van der Waals surface area contributed by atoms with Crippen molar-refractivity contribution in [2.24, 2.45) is 0 Å². The number of rotatable bonds is 39. The number of ether oxygens (including phenoxy) is 2. The number of esters is 2. The summed E-state index contributed by atoms with van der Waals surface area (Å²) < 4.78 is 33.8. The highest BCUT2D eigenvalue weighted by atomic mass is 31.2. The van der Waals surface area contributed by atoms with Crippen molar-refractivity contribution in [2.75, 3.05) is 47.5 Å². The van der Waals surface area contributed by atoms with Gasteiger partial charge in [0, 0.05) is 12.8 Å². The van der Waals surface area contributed by atoms with E-state index < -0.39 is 32.5 Å². The van der Waals surface area contributed by atoms with Crippen LogP contribution in [0.5, 0.6) is 0 Å². The third kappa shape index (κ3) is 41.3. The summed E-state index contributed by atoms with van der Waals surface area (Å²) in [5.41, 5.74) is 0. The van der Waals surface area contributed by atoms with Gasteiger partial charge in [0.05, 0.1) is 27.7 Å². The highest BCUT2D eigenvalue weighted by Gasteiger charge is 2.21. The number of likely N-dealkylation sites (N-methyl/N-ethyl adjacent to an activating group) is 1. The van der Waals surface area contributed by atoms with Gasteiger partial charge in [0.25, 0.3) is 7.82 Å². The first-order valence-corrected chi connectivity index (χ1v) is 23.5. The van der Waals surface area contributed by atoms with Gasteiger partial charge < -0.3 is 27.9 Å². The first-order valence-electron chi connectivity index (χ1n) is 22.0. The number of phosphoric ester groups is 1. The first kappa shape index (κ1) is 53.7. The first-order chi connectivity index (χ1) is 27.0. The summed E-state index contributed by atoms with van der Waals surface area (Å²) in [7, 11) is 1.11. The molecule has 0 rings (SSSR count). The van der Waals surface area contributed by atoms with Gasteiger partial charge in [0.1, 0.15) is 19.8 Å². The molecule has 0 spiro atoms. The Bertz CT molecular complexity index is 1140. The molecule has 0 amide bonds. The number of phosphoric acid groups is 1. The summed E-state index contributed by atoms with van der Waals surface area (Å²) in [6.45, 7) is 4.10. The van der Waals surface area contributed by atoms with Crippen molar-refractivity contribution in [3.8, 4) is 0 Å². The molecule has 324 valence electrons. The van der Waals surface area contributed by atoms with Crippen molar-refractivity contribution < 1.29 is 42.1 Å². The Kier molecular flexibility index (Phi) is 36.7. The predicted molar refractivity (Wildman–Crippen MR) is 231 cm³/mol. The van der Waals surface area contributed by atoms with E-state index in [4.69, 9.17) is 18.5 Å². The molecule has 0 aromatic carbocycles. The van der Waals surface area contributed by atoms with E-state index in [1.807, 2.05) is 27.2 Å². The molecule has 0 saturated carbocycles. The van der Waals surface area contributed by atoms with Crippen LogP contribution in [0.2, 0.25) is 0 Å². The van der Waals surface area contributed by atoms with Gasteiger partial charge in [-0.05, 0) is 77.0 Å². The minimum absolute atomic E-state index is 0.0460. The van der Waals surface area contributed by atoms with E-state index >= 15 is 0 Å². The summed E-state index contributed by atoms with van der Waals surface area (Å²) in [4.78, 5) is 37.5. The molecule has 0 aromatic heterocycles. The van der Waals surface area contributed by atoms with Gasteiger partial charge in [-0.3, -0.25) is 14.2 Å². The van der Waals surface area contributed by atoms with Crippen LogP contribution >= 0.6 is 7.82 Å². The molecule has 0 radical (unpaired) electrons. The molecule has 0 aromatic rings. The zero-order chi connectivity index (χ0) is 41.4. The lowest BCUT2D eigenvalue weighted by Gasteiger charge is -2.28. The van der Waals surface area contributed by atoms with Crippen LogP contribution in [0, 0.1) is 0 Å². The third-order valence-electron chi connectivity index (χ3n) is 9.01. The van der Waals surface area contributed by atoms with Crippen LogP contribution in [0.3, 0.4) is 0 Å². The molecule has 0 heterocycles. The molecule has 0 aliphatic carbocycles. The van der Waals surface area contributed by atoms with Crippen LogP contribution in [-0.2, 0) is 32.7 Å². The van der Waals surface area contributed by atoms with Crippen LogP contribution < -0.4 is 4.89 Å². The number of unbranched alkanes of at least 4 members (excludes halogenated alkanes) is 15. The van der Waals surface area contributed by atoms with Crippen molar-refractivity contribution in [3.05, 3.63) is 60.8 Å². The van der Waals surface area contributed by atoms with Crippen molar-refractivity contribution in [1.29, 1.82) is 0 Å². The molecular formula is C46H82NO8P. The molecule has 56 heavy (non-hydrogen) atoms. The van der Waals surface area contributed by atoms with Gasteiger partial charge in [-0.2, -0.15) is 0 Å².